The van der Waals surface area contributed by atoms with Crippen molar-refractivity contribution in [3.05, 3.63) is 70.0 Å². The van der Waals surface area contributed by atoms with Gasteiger partial charge in [-0.15, -0.1) is 0 Å². The number of allylic oxidation sites excluding steroid dienone is 1. The number of hydrazone groups is 1. The van der Waals surface area contributed by atoms with Crippen molar-refractivity contribution >= 4 is 35.0 Å². The van der Waals surface area contributed by atoms with E-state index in [0.717, 1.165) is 29.8 Å². The first-order valence-electron chi connectivity index (χ1n) is 9.63. The summed E-state index contributed by atoms with van der Waals surface area (Å²) in [6.07, 6.45) is 4.50. The molecule has 0 unspecified atom stereocenters. The number of benzene rings is 2. The van der Waals surface area contributed by atoms with E-state index in [1.54, 1.807) is 36.4 Å². The molecule has 0 saturated heterocycles. The van der Waals surface area contributed by atoms with E-state index < -0.39 is 0 Å². The molecule has 2 aromatic carbocycles. The van der Waals surface area contributed by atoms with Crippen LogP contribution in [0.5, 0.6) is 0 Å². The molecule has 2 aromatic rings. The van der Waals surface area contributed by atoms with E-state index >= 15 is 0 Å². The van der Waals surface area contributed by atoms with Crippen LogP contribution in [0.3, 0.4) is 0 Å². The largest absolute Gasteiger partial charge is 0.362 e. The zero-order chi connectivity index (χ0) is 21.2. The van der Waals surface area contributed by atoms with Gasteiger partial charge in [0, 0.05) is 33.9 Å². The number of fused-ring (bicyclic) bond motifs is 1. The molecule has 29 heavy (non-hydrogen) atoms. The number of nitrogens with zero attached hydrogens (tertiary/aromatic N) is 2. The molecule has 6 heteroatoms. The fourth-order valence-electron chi connectivity index (χ4n) is 3.67. The van der Waals surface area contributed by atoms with Gasteiger partial charge in [0.05, 0.1) is 11.8 Å². The van der Waals surface area contributed by atoms with Crippen molar-refractivity contribution in [2.45, 2.75) is 39.7 Å². The summed E-state index contributed by atoms with van der Waals surface area (Å²) in [6, 6.07) is 9.80. The first-order valence-corrected chi connectivity index (χ1v) is 10.0. The Morgan fingerprint density at radius 1 is 1.28 bits per heavy atom. The van der Waals surface area contributed by atoms with E-state index in [2.05, 4.69) is 42.3 Å². The van der Waals surface area contributed by atoms with Crippen molar-refractivity contribution in [2.24, 2.45) is 5.10 Å². The molecule has 0 saturated carbocycles. The number of rotatable bonds is 5. The number of nitrogens with one attached hydrogen (secondary N) is 1. The third kappa shape index (κ3) is 4.51. The first kappa shape index (κ1) is 21.1. The van der Waals surface area contributed by atoms with Gasteiger partial charge in [0.1, 0.15) is 5.82 Å². The highest BCUT2D eigenvalue weighted by molar-refractivity contribution is 6.30. The molecular formula is C23H25ClFN3O. The van der Waals surface area contributed by atoms with Crippen molar-refractivity contribution < 1.29 is 9.18 Å². The van der Waals surface area contributed by atoms with Gasteiger partial charge in [0.25, 0.3) is 5.91 Å². The minimum atomic E-state index is -0.386. The molecule has 4 nitrogen and oxygen atoms in total. The number of carbonyl (C=O) groups excluding carboxylic acids is 1. The minimum absolute atomic E-state index is 0.179. The van der Waals surface area contributed by atoms with Crippen LogP contribution in [0, 0.1) is 5.82 Å². The molecule has 0 fully saturated rings. The van der Waals surface area contributed by atoms with Gasteiger partial charge in [0.2, 0.25) is 0 Å². The summed E-state index contributed by atoms with van der Waals surface area (Å²) in [5.41, 5.74) is 5.95. The van der Waals surface area contributed by atoms with Gasteiger partial charge in [-0.3, -0.25) is 4.79 Å². The standard InChI is InChI=1S/C23H25ClFN3O/c1-5-10-28-21-12-20(25)17(11-19(21)15(2)13-23(28,3)4)14-26-27-22(29)16-6-8-18(24)9-7-16/h6-9,11-14H,5,10H2,1-4H3,(H,27,29)/b26-14-. The lowest BCUT2D eigenvalue weighted by Crippen LogP contribution is -2.45. The van der Waals surface area contributed by atoms with Crippen LogP contribution >= 0.6 is 11.6 Å². The summed E-state index contributed by atoms with van der Waals surface area (Å²) in [5, 5.41) is 4.47. The predicted octanol–water partition coefficient (Wildman–Crippen LogP) is 5.65. The monoisotopic (exact) mass is 413 g/mol. The number of anilines is 1. The van der Waals surface area contributed by atoms with Gasteiger partial charge in [0.15, 0.2) is 0 Å². The van der Waals surface area contributed by atoms with Crippen molar-refractivity contribution in [1.82, 2.24) is 5.43 Å². The Morgan fingerprint density at radius 2 is 1.97 bits per heavy atom. The van der Waals surface area contributed by atoms with Gasteiger partial charge in [-0.25, -0.2) is 9.82 Å². The number of hydrogen-bond acceptors (Lipinski definition) is 3. The Balaban J connectivity index is 1.85. The fraction of sp³-hybridized carbons (Fsp3) is 0.304. The molecule has 1 N–H and O–H groups in total. The summed E-state index contributed by atoms with van der Waals surface area (Å²) in [5.74, 6) is -0.761. The van der Waals surface area contributed by atoms with E-state index in [-0.39, 0.29) is 17.3 Å². The van der Waals surface area contributed by atoms with Gasteiger partial charge < -0.3 is 4.90 Å². The average molecular weight is 414 g/mol. The highest BCUT2D eigenvalue weighted by Gasteiger charge is 2.31. The van der Waals surface area contributed by atoms with Gasteiger partial charge >= 0.3 is 0 Å². The molecule has 152 valence electrons. The summed E-state index contributed by atoms with van der Waals surface area (Å²) in [7, 11) is 0. The second-order valence-electron chi connectivity index (χ2n) is 7.73. The molecule has 0 aliphatic carbocycles. The number of amides is 1. The van der Waals surface area contributed by atoms with Crippen molar-refractivity contribution in [3.8, 4) is 0 Å². The van der Waals surface area contributed by atoms with Crippen molar-refractivity contribution in [2.75, 3.05) is 11.4 Å². The van der Waals surface area contributed by atoms with Crippen LogP contribution in [0.15, 0.2) is 47.6 Å². The Kier molecular flexibility index (Phi) is 6.08. The molecule has 0 aromatic heterocycles. The normalized spacial score (nSPS) is 15.2. The van der Waals surface area contributed by atoms with Crippen LogP contribution in [0.25, 0.3) is 5.57 Å². The van der Waals surface area contributed by atoms with E-state index in [0.29, 0.717) is 16.1 Å². The number of hydrogen-bond donors (Lipinski definition) is 1. The van der Waals surface area contributed by atoms with Crippen LogP contribution in [0.4, 0.5) is 10.1 Å². The van der Waals surface area contributed by atoms with Gasteiger partial charge in [-0.05, 0) is 69.2 Å². The zero-order valence-corrected chi connectivity index (χ0v) is 17.8. The van der Waals surface area contributed by atoms with E-state index in [1.807, 2.05) is 6.92 Å². The third-order valence-corrected chi connectivity index (χ3v) is 5.27. The topological polar surface area (TPSA) is 44.7 Å². The smallest absolute Gasteiger partial charge is 0.271 e. The van der Waals surface area contributed by atoms with Crippen LogP contribution in [-0.4, -0.2) is 24.2 Å². The molecule has 3 rings (SSSR count). The molecular weight excluding hydrogens is 389 g/mol. The maximum atomic E-state index is 14.8. The molecule has 1 aliphatic rings. The summed E-state index contributed by atoms with van der Waals surface area (Å²) < 4.78 is 14.8. The predicted molar refractivity (Wildman–Crippen MR) is 118 cm³/mol. The first-order chi connectivity index (χ1) is 13.7. The van der Waals surface area contributed by atoms with E-state index in [9.17, 15) is 9.18 Å². The highest BCUT2D eigenvalue weighted by Crippen LogP contribution is 2.39. The molecule has 1 aliphatic heterocycles. The van der Waals surface area contributed by atoms with Crippen molar-refractivity contribution in [3.63, 3.8) is 0 Å². The molecule has 0 bridgehead atoms. The van der Waals surface area contributed by atoms with Crippen LogP contribution in [-0.2, 0) is 0 Å². The second-order valence-corrected chi connectivity index (χ2v) is 8.17. The number of halogens is 2. The van der Waals surface area contributed by atoms with E-state index in [4.69, 9.17) is 11.6 Å². The minimum Gasteiger partial charge on any atom is -0.362 e. The average Bonchev–Trinajstić information content (AvgIpc) is 2.66. The Labute approximate surface area is 176 Å². The Bertz CT molecular complexity index is 980. The molecule has 1 heterocycles. The SMILES string of the molecule is CCCN1c2cc(F)c(/C=N\NC(=O)c3ccc(Cl)cc3)cc2C(C)=CC1(C)C. The molecule has 1 amide bonds. The third-order valence-electron chi connectivity index (χ3n) is 5.02. The molecule has 0 radical (unpaired) electrons. The second kappa shape index (κ2) is 8.37. The quantitative estimate of drug-likeness (QED) is 0.508. The van der Waals surface area contributed by atoms with Gasteiger partial charge in [-0.2, -0.15) is 5.10 Å². The summed E-state index contributed by atoms with van der Waals surface area (Å²) >= 11 is 5.82. The fourth-order valence-corrected chi connectivity index (χ4v) is 3.80. The lowest BCUT2D eigenvalue weighted by Gasteiger charge is -2.43. The van der Waals surface area contributed by atoms with Crippen LogP contribution in [0.1, 0.15) is 55.6 Å². The van der Waals surface area contributed by atoms with Crippen molar-refractivity contribution in [1.29, 1.82) is 0 Å². The van der Waals surface area contributed by atoms with Crippen LogP contribution in [0.2, 0.25) is 5.02 Å². The Morgan fingerprint density at radius 3 is 2.62 bits per heavy atom. The highest BCUT2D eigenvalue weighted by atomic mass is 35.5. The molecule has 0 spiro atoms. The lowest BCUT2D eigenvalue weighted by atomic mass is 9.88. The maximum Gasteiger partial charge on any atom is 0.271 e. The van der Waals surface area contributed by atoms with Crippen LogP contribution < -0.4 is 10.3 Å². The summed E-state index contributed by atoms with van der Waals surface area (Å²) in [6.45, 7) is 9.25. The lowest BCUT2D eigenvalue weighted by molar-refractivity contribution is 0.0955. The Hall–Kier alpha value is -2.66. The van der Waals surface area contributed by atoms with E-state index in [1.165, 1.54) is 6.21 Å². The zero-order valence-electron chi connectivity index (χ0n) is 17.1. The molecule has 0 atom stereocenters. The maximum absolute atomic E-state index is 14.8. The van der Waals surface area contributed by atoms with Gasteiger partial charge in [-0.1, -0.05) is 24.6 Å². The number of carbonyl (C=O) groups is 1. The summed E-state index contributed by atoms with van der Waals surface area (Å²) in [4.78, 5) is 14.3.